The highest BCUT2D eigenvalue weighted by Gasteiger charge is 1.92. The van der Waals surface area contributed by atoms with E-state index in [9.17, 15) is 4.79 Å². The van der Waals surface area contributed by atoms with Crippen LogP contribution in [0, 0.1) is 0 Å². The summed E-state index contributed by atoms with van der Waals surface area (Å²) < 4.78 is 4.93. The van der Waals surface area contributed by atoms with Gasteiger partial charge in [-0.2, -0.15) is 0 Å². The van der Waals surface area contributed by atoms with E-state index in [2.05, 4.69) is 4.98 Å². The number of rotatable bonds is 3. The molecule has 68 valence electrons. The molecule has 0 fully saturated rings. The van der Waals surface area contributed by atoms with E-state index in [0.29, 0.717) is 5.88 Å². The van der Waals surface area contributed by atoms with Crippen molar-refractivity contribution >= 4 is 11.9 Å². The number of pyridine rings is 1. The van der Waals surface area contributed by atoms with Crippen LogP contribution in [-0.2, 0) is 4.79 Å². The predicted octanol–water partition coefficient (Wildman–Crippen LogP) is 1.69. The molecule has 0 aliphatic rings. The summed E-state index contributed by atoms with van der Waals surface area (Å²) in [6.45, 7) is 1.50. The van der Waals surface area contributed by atoms with Crippen LogP contribution >= 0.6 is 0 Å². The van der Waals surface area contributed by atoms with Crippen molar-refractivity contribution in [3.8, 4) is 5.88 Å². The normalized spacial score (nSPS) is 10.3. The minimum Gasteiger partial charge on any atom is -0.481 e. The number of methoxy groups -OCH3 is 1. The van der Waals surface area contributed by atoms with E-state index < -0.39 is 0 Å². The lowest BCUT2D eigenvalue weighted by Gasteiger charge is -1.97. The van der Waals surface area contributed by atoms with E-state index in [1.165, 1.54) is 13.0 Å². The summed E-state index contributed by atoms with van der Waals surface area (Å²) >= 11 is 0. The Hall–Kier alpha value is -1.64. The van der Waals surface area contributed by atoms with Crippen LogP contribution in [0.4, 0.5) is 0 Å². The monoisotopic (exact) mass is 177 g/mol. The Labute approximate surface area is 77.1 Å². The molecule has 0 bridgehead atoms. The number of carbonyl (C=O) groups is 1. The van der Waals surface area contributed by atoms with Crippen LogP contribution in [0.2, 0.25) is 0 Å². The molecule has 0 spiro atoms. The van der Waals surface area contributed by atoms with Crippen molar-refractivity contribution < 1.29 is 9.53 Å². The number of ketones is 1. The quantitative estimate of drug-likeness (QED) is 0.659. The van der Waals surface area contributed by atoms with Gasteiger partial charge in [-0.05, 0) is 25.1 Å². The number of carbonyl (C=O) groups excluding carboxylic acids is 1. The first-order valence-corrected chi connectivity index (χ1v) is 3.92. The molecule has 1 rings (SSSR count). The molecule has 13 heavy (non-hydrogen) atoms. The first kappa shape index (κ1) is 9.45. The van der Waals surface area contributed by atoms with Gasteiger partial charge in [-0.25, -0.2) is 4.98 Å². The van der Waals surface area contributed by atoms with Crippen LogP contribution in [0.3, 0.4) is 0 Å². The zero-order valence-corrected chi connectivity index (χ0v) is 7.65. The lowest BCUT2D eigenvalue weighted by molar-refractivity contribution is -0.112. The van der Waals surface area contributed by atoms with Gasteiger partial charge in [0.05, 0.1) is 12.8 Å². The molecule has 0 N–H and O–H groups in total. The minimum absolute atomic E-state index is 0.00428. The van der Waals surface area contributed by atoms with Gasteiger partial charge in [0.25, 0.3) is 0 Å². The van der Waals surface area contributed by atoms with Gasteiger partial charge in [-0.15, -0.1) is 0 Å². The summed E-state index contributed by atoms with van der Waals surface area (Å²) in [4.78, 5) is 14.7. The molecule has 0 unspecified atom stereocenters. The fourth-order valence-electron chi connectivity index (χ4n) is 0.840. The lowest BCUT2D eigenvalue weighted by atomic mass is 10.3. The van der Waals surface area contributed by atoms with E-state index in [0.717, 1.165) is 5.69 Å². The van der Waals surface area contributed by atoms with Gasteiger partial charge in [-0.3, -0.25) is 4.79 Å². The fraction of sp³-hybridized carbons (Fsp3) is 0.200. The van der Waals surface area contributed by atoms with Gasteiger partial charge >= 0.3 is 0 Å². The summed E-state index contributed by atoms with van der Waals surface area (Å²) in [6.07, 6.45) is 3.13. The Bertz CT molecular complexity index is 331. The molecular formula is C10H11NO2. The van der Waals surface area contributed by atoms with Crippen molar-refractivity contribution in [3.63, 3.8) is 0 Å². The topological polar surface area (TPSA) is 39.2 Å². The van der Waals surface area contributed by atoms with Crippen molar-refractivity contribution in [2.24, 2.45) is 0 Å². The van der Waals surface area contributed by atoms with Gasteiger partial charge in [0.2, 0.25) is 5.88 Å². The molecule has 3 nitrogen and oxygen atoms in total. The standard InChI is InChI=1S/C10H11NO2/c1-8(12)6-7-9-4-3-5-10(11-9)13-2/h3-7H,1-2H3. The smallest absolute Gasteiger partial charge is 0.213 e. The molecule has 0 saturated heterocycles. The molecule has 0 amide bonds. The van der Waals surface area contributed by atoms with Crippen LogP contribution in [0.15, 0.2) is 24.3 Å². The van der Waals surface area contributed by atoms with Gasteiger partial charge in [0, 0.05) is 6.07 Å². The second kappa shape index (κ2) is 4.40. The zero-order valence-electron chi connectivity index (χ0n) is 7.65. The molecule has 0 aliphatic carbocycles. The Kier molecular flexibility index (Phi) is 3.20. The van der Waals surface area contributed by atoms with Crippen molar-refractivity contribution in [3.05, 3.63) is 30.0 Å². The molecule has 3 heteroatoms. The molecule has 0 aromatic carbocycles. The maximum atomic E-state index is 10.6. The van der Waals surface area contributed by atoms with Crippen molar-refractivity contribution in [2.45, 2.75) is 6.92 Å². The van der Waals surface area contributed by atoms with E-state index in [-0.39, 0.29) is 5.78 Å². The molecular weight excluding hydrogens is 166 g/mol. The van der Waals surface area contributed by atoms with E-state index >= 15 is 0 Å². The number of hydrogen-bond acceptors (Lipinski definition) is 3. The number of aromatic nitrogens is 1. The molecule has 1 aromatic rings. The highest BCUT2D eigenvalue weighted by molar-refractivity contribution is 5.91. The highest BCUT2D eigenvalue weighted by atomic mass is 16.5. The molecule has 0 atom stereocenters. The van der Waals surface area contributed by atoms with Crippen LogP contribution < -0.4 is 4.74 Å². The number of ether oxygens (including phenoxy) is 1. The predicted molar refractivity (Wildman–Crippen MR) is 50.5 cm³/mol. The Morgan fingerprint density at radius 1 is 1.54 bits per heavy atom. The third-order valence-electron chi connectivity index (χ3n) is 1.44. The average Bonchev–Trinajstić information content (AvgIpc) is 2.15. The maximum Gasteiger partial charge on any atom is 0.213 e. The Morgan fingerprint density at radius 3 is 2.92 bits per heavy atom. The molecule has 0 saturated carbocycles. The van der Waals surface area contributed by atoms with Crippen LogP contribution in [0.25, 0.3) is 6.08 Å². The highest BCUT2D eigenvalue weighted by Crippen LogP contribution is 2.07. The van der Waals surface area contributed by atoms with Crippen LogP contribution in [0.1, 0.15) is 12.6 Å². The lowest BCUT2D eigenvalue weighted by Crippen LogP contribution is -1.89. The largest absolute Gasteiger partial charge is 0.481 e. The zero-order chi connectivity index (χ0) is 9.68. The van der Waals surface area contributed by atoms with Gasteiger partial charge < -0.3 is 4.74 Å². The number of hydrogen-bond donors (Lipinski definition) is 0. The van der Waals surface area contributed by atoms with Gasteiger partial charge in [0.1, 0.15) is 0 Å². The number of allylic oxidation sites excluding steroid dienone is 1. The number of nitrogens with zero attached hydrogens (tertiary/aromatic N) is 1. The molecule has 1 aromatic heterocycles. The third-order valence-corrected chi connectivity index (χ3v) is 1.44. The van der Waals surface area contributed by atoms with Crippen molar-refractivity contribution in [2.75, 3.05) is 7.11 Å². The maximum absolute atomic E-state index is 10.6. The fourth-order valence-corrected chi connectivity index (χ4v) is 0.840. The first-order valence-electron chi connectivity index (χ1n) is 3.92. The second-order valence-electron chi connectivity index (χ2n) is 2.55. The molecule has 0 radical (unpaired) electrons. The molecule has 0 aliphatic heterocycles. The summed E-state index contributed by atoms with van der Waals surface area (Å²) in [5.41, 5.74) is 0.717. The van der Waals surface area contributed by atoms with E-state index in [1.54, 1.807) is 19.3 Å². The van der Waals surface area contributed by atoms with Crippen molar-refractivity contribution in [1.29, 1.82) is 0 Å². The van der Waals surface area contributed by atoms with E-state index in [4.69, 9.17) is 4.74 Å². The van der Waals surface area contributed by atoms with Gasteiger partial charge in [0.15, 0.2) is 5.78 Å². The van der Waals surface area contributed by atoms with Crippen molar-refractivity contribution in [1.82, 2.24) is 4.98 Å². The Balaban J connectivity index is 2.83. The third kappa shape index (κ3) is 3.07. The first-order chi connectivity index (χ1) is 6.22. The average molecular weight is 177 g/mol. The SMILES string of the molecule is COc1cccc(C=CC(C)=O)n1. The minimum atomic E-state index is 0.00428. The summed E-state index contributed by atoms with van der Waals surface area (Å²) in [5, 5.41) is 0. The second-order valence-corrected chi connectivity index (χ2v) is 2.55. The summed E-state index contributed by atoms with van der Waals surface area (Å²) in [7, 11) is 1.56. The van der Waals surface area contributed by atoms with Crippen LogP contribution in [0.5, 0.6) is 5.88 Å². The summed E-state index contributed by atoms with van der Waals surface area (Å²) in [6, 6.07) is 5.39. The molecule has 1 heterocycles. The Morgan fingerprint density at radius 2 is 2.31 bits per heavy atom. The van der Waals surface area contributed by atoms with Crippen LogP contribution in [-0.4, -0.2) is 17.9 Å². The summed E-state index contributed by atoms with van der Waals surface area (Å²) in [5.74, 6) is 0.551. The van der Waals surface area contributed by atoms with E-state index in [1.807, 2.05) is 12.1 Å². The van der Waals surface area contributed by atoms with Gasteiger partial charge in [-0.1, -0.05) is 6.07 Å².